The summed E-state index contributed by atoms with van der Waals surface area (Å²) in [4.78, 5) is 4.52. The van der Waals surface area contributed by atoms with E-state index in [-0.39, 0.29) is 0 Å². The molecule has 0 fully saturated rings. The van der Waals surface area contributed by atoms with Crippen molar-refractivity contribution in [2.75, 3.05) is 18.1 Å². The van der Waals surface area contributed by atoms with Crippen molar-refractivity contribution in [3.8, 4) is 0 Å². The highest BCUT2D eigenvalue weighted by Crippen LogP contribution is 2.29. The molecule has 0 unspecified atom stereocenters. The van der Waals surface area contributed by atoms with Crippen LogP contribution in [-0.4, -0.2) is 17.8 Å². The molecule has 2 aromatic rings. The lowest BCUT2D eigenvalue weighted by molar-refractivity contribution is 0.689. The zero-order chi connectivity index (χ0) is 11.5. The number of aromatic nitrogens is 1. The fraction of sp³-hybridized carbons (Fsp3) is 0.417. The lowest BCUT2D eigenvalue weighted by Gasteiger charge is -2.08. The van der Waals surface area contributed by atoms with Gasteiger partial charge >= 0.3 is 0 Å². The highest BCUT2D eigenvalue weighted by atomic mass is 32.2. The number of hydrogen-bond acceptors (Lipinski definition) is 4. The fourth-order valence-electron chi connectivity index (χ4n) is 1.42. The maximum atomic E-state index is 4.52. The van der Waals surface area contributed by atoms with Gasteiger partial charge in [0.1, 0.15) is 0 Å². The molecule has 2 nitrogen and oxygen atoms in total. The van der Waals surface area contributed by atoms with Gasteiger partial charge in [-0.3, -0.25) is 0 Å². The van der Waals surface area contributed by atoms with Gasteiger partial charge in [-0.15, -0.1) is 11.3 Å². The van der Waals surface area contributed by atoms with Crippen LogP contribution in [0.25, 0.3) is 10.2 Å². The summed E-state index contributed by atoms with van der Waals surface area (Å²) in [7, 11) is 0. The fourth-order valence-corrected chi connectivity index (χ4v) is 2.95. The van der Waals surface area contributed by atoms with Gasteiger partial charge in [-0.2, -0.15) is 0 Å². The Morgan fingerprint density at radius 1 is 1.44 bits per heavy atom. The Hall–Kier alpha value is -0.740. The molecule has 0 aliphatic heterocycles. The smallest absolute Gasteiger partial charge is 0.150 e. The molecule has 16 heavy (non-hydrogen) atoms. The van der Waals surface area contributed by atoms with Crippen LogP contribution in [0.2, 0.25) is 0 Å². The summed E-state index contributed by atoms with van der Waals surface area (Å²) < 4.78 is 2.40. The van der Waals surface area contributed by atoms with Crippen LogP contribution in [0, 0.1) is 5.92 Å². The Bertz CT molecular complexity index is 477. The highest BCUT2D eigenvalue weighted by molar-refractivity contribution is 8.00. The molecule has 1 N–H and O–H groups in total. The summed E-state index contributed by atoms with van der Waals surface area (Å²) in [6, 6.07) is 6.39. The molecule has 0 aliphatic rings. The molecular weight excluding hydrogens is 236 g/mol. The maximum absolute atomic E-state index is 4.52. The van der Waals surface area contributed by atoms with Crippen molar-refractivity contribution < 1.29 is 0 Å². The van der Waals surface area contributed by atoms with E-state index >= 15 is 0 Å². The van der Waals surface area contributed by atoms with E-state index in [1.54, 1.807) is 23.1 Å². The second kappa shape index (κ2) is 5.06. The van der Waals surface area contributed by atoms with Crippen LogP contribution in [0.4, 0.5) is 5.69 Å². The lowest BCUT2D eigenvalue weighted by Crippen LogP contribution is -2.07. The Kier molecular flexibility index (Phi) is 3.71. The zero-order valence-electron chi connectivity index (χ0n) is 9.78. The third kappa shape index (κ3) is 2.68. The summed E-state index contributed by atoms with van der Waals surface area (Å²) >= 11 is 3.46. The van der Waals surface area contributed by atoms with E-state index < -0.39 is 0 Å². The molecule has 4 heteroatoms. The molecule has 0 bridgehead atoms. The molecule has 1 heterocycles. The second-order valence-corrected chi connectivity index (χ2v) is 6.23. The molecule has 0 saturated heterocycles. The molecule has 0 radical (unpaired) electrons. The number of nitrogens with one attached hydrogen (secondary N) is 1. The minimum atomic E-state index is 0.666. The number of benzene rings is 1. The van der Waals surface area contributed by atoms with Gasteiger partial charge < -0.3 is 5.32 Å². The van der Waals surface area contributed by atoms with E-state index in [0.29, 0.717) is 5.92 Å². The first-order valence-electron chi connectivity index (χ1n) is 5.37. The molecule has 0 aliphatic carbocycles. The summed E-state index contributed by atoms with van der Waals surface area (Å²) in [5, 5.41) is 3.44. The molecule has 0 amide bonds. The quantitative estimate of drug-likeness (QED) is 0.830. The number of thioether (sulfide) groups is 1. The third-order valence-electron chi connectivity index (χ3n) is 2.26. The number of anilines is 1. The van der Waals surface area contributed by atoms with Gasteiger partial charge in [0.2, 0.25) is 0 Å². The largest absolute Gasteiger partial charge is 0.385 e. The number of rotatable bonds is 4. The van der Waals surface area contributed by atoms with Crippen molar-refractivity contribution in [3.63, 3.8) is 0 Å². The van der Waals surface area contributed by atoms with Gasteiger partial charge in [0.05, 0.1) is 10.2 Å². The first kappa shape index (κ1) is 11.7. The molecule has 0 saturated carbocycles. The Morgan fingerprint density at radius 3 is 2.94 bits per heavy atom. The first-order chi connectivity index (χ1) is 7.69. The number of hydrogen-bond donors (Lipinski definition) is 1. The maximum Gasteiger partial charge on any atom is 0.150 e. The molecule has 0 atom stereocenters. The van der Waals surface area contributed by atoms with Crippen LogP contribution >= 0.6 is 23.1 Å². The summed E-state index contributed by atoms with van der Waals surface area (Å²) in [5.41, 5.74) is 2.29. The topological polar surface area (TPSA) is 24.9 Å². The highest BCUT2D eigenvalue weighted by Gasteiger charge is 2.03. The number of thiazole rings is 1. The minimum absolute atomic E-state index is 0.666. The molecule has 2 rings (SSSR count). The second-order valence-electron chi connectivity index (χ2n) is 4.14. The summed E-state index contributed by atoms with van der Waals surface area (Å²) in [6.07, 6.45) is 2.07. The average Bonchev–Trinajstić information content (AvgIpc) is 2.68. The lowest BCUT2D eigenvalue weighted by atomic mass is 10.2. The Morgan fingerprint density at radius 2 is 2.25 bits per heavy atom. The van der Waals surface area contributed by atoms with E-state index in [1.165, 1.54) is 10.4 Å². The average molecular weight is 252 g/mol. The van der Waals surface area contributed by atoms with Crippen LogP contribution in [0.5, 0.6) is 0 Å². The van der Waals surface area contributed by atoms with Crippen molar-refractivity contribution in [2.24, 2.45) is 5.92 Å². The van der Waals surface area contributed by atoms with Crippen LogP contribution < -0.4 is 5.32 Å². The van der Waals surface area contributed by atoms with E-state index in [2.05, 4.69) is 48.6 Å². The predicted molar refractivity (Wildman–Crippen MR) is 74.7 cm³/mol. The van der Waals surface area contributed by atoms with E-state index in [4.69, 9.17) is 0 Å². The van der Waals surface area contributed by atoms with Crippen molar-refractivity contribution in [3.05, 3.63) is 18.2 Å². The predicted octanol–water partition coefficient (Wildman–Crippen LogP) is 4.09. The monoisotopic (exact) mass is 252 g/mol. The minimum Gasteiger partial charge on any atom is -0.385 e. The standard InChI is InChI=1S/C12H16N2S2/c1-8(2)7-13-9-4-5-10-11(6-9)16-12(14-10)15-3/h4-6,8,13H,7H2,1-3H3. The van der Waals surface area contributed by atoms with Gasteiger partial charge in [0, 0.05) is 12.2 Å². The summed E-state index contributed by atoms with van der Waals surface area (Å²) in [6.45, 7) is 5.44. The van der Waals surface area contributed by atoms with Crippen LogP contribution in [0.3, 0.4) is 0 Å². The van der Waals surface area contributed by atoms with Gasteiger partial charge in [0.25, 0.3) is 0 Å². The normalized spacial score (nSPS) is 11.2. The van der Waals surface area contributed by atoms with Crippen LogP contribution in [-0.2, 0) is 0 Å². The van der Waals surface area contributed by atoms with E-state index in [0.717, 1.165) is 16.4 Å². The van der Waals surface area contributed by atoms with Crippen molar-refractivity contribution in [1.29, 1.82) is 0 Å². The third-order valence-corrected chi connectivity index (χ3v) is 4.26. The Balaban J connectivity index is 2.22. The van der Waals surface area contributed by atoms with Gasteiger partial charge in [-0.05, 0) is 30.4 Å². The molecular formula is C12H16N2S2. The molecule has 0 spiro atoms. The van der Waals surface area contributed by atoms with Crippen molar-refractivity contribution in [1.82, 2.24) is 4.98 Å². The first-order valence-corrected chi connectivity index (χ1v) is 7.41. The van der Waals surface area contributed by atoms with Crippen molar-refractivity contribution >= 4 is 39.0 Å². The van der Waals surface area contributed by atoms with Gasteiger partial charge in [-0.25, -0.2) is 4.98 Å². The van der Waals surface area contributed by atoms with Crippen molar-refractivity contribution in [2.45, 2.75) is 18.2 Å². The number of nitrogens with zero attached hydrogens (tertiary/aromatic N) is 1. The van der Waals surface area contributed by atoms with Gasteiger partial charge in [0.15, 0.2) is 4.34 Å². The van der Waals surface area contributed by atoms with Crippen LogP contribution in [0.1, 0.15) is 13.8 Å². The molecule has 1 aromatic heterocycles. The van der Waals surface area contributed by atoms with Crippen LogP contribution in [0.15, 0.2) is 22.5 Å². The molecule has 86 valence electrons. The SMILES string of the molecule is CSc1nc2ccc(NCC(C)C)cc2s1. The number of fused-ring (bicyclic) bond motifs is 1. The van der Waals surface area contributed by atoms with E-state index in [1.807, 2.05) is 0 Å². The van der Waals surface area contributed by atoms with E-state index in [9.17, 15) is 0 Å². The van der Waals surface area contributed by atoms with Gasteiger partial charge in [-0.1, -0.05) is 25.6 Å². The zero-order valence-corrected chi connectivity index (χ0v) is 11.4. The Labute approximate surface area is 104 Å². The molecule has 1 aromatic carbocycles. The summed E-state index contributed by atoms with van der Waals surface area (Å²) in [5.74, 6) is 0.666.